The molecule has 0 aliphatic rings. The maximum Gasteiger partial charge on any atom is 0.355 e. The van der Waals surface area contributed by atoms with Crippen molar-refractivity contribution < 1.29 is 14.7 Å². The molecule has 0 fully saturated rings. The zero-order valence-corrected chi connectivity index (χ0v) is 12.8. The average Bonchev–Trinajstić information content (AvgIpc) is 2.84. The molecule has 0 bridgehead atoms. The van der Waals surface area contributed by atoms with Gasteiger partial charge in [0, 0.05) is 24.4 Å². The Balaban J connectivity index is 2.32. The second kappa shape index (κ2) is 7.84. The van der Waals surface area contributed by atoms with Crippen LogP contribution < -0.4 is 10.6 Å². The van der Waals surface area contributed by atoms with Crippen molar-refractivity contribution in [2.45, 2.75) is 39.7 Å². The number of urea groups is 1. The van der Waals surface area contributed by atoms with E-state index in [0.717, 1.165) is 6.42 Å². The van der Waals surface area contributed by atoms with E-state index in [1.165, 1.54) is 16.7 Å². The molecule has 7 heteroatoms. The number of nitrogens with zero attached hydrogens (tertiary/aromatic N) is 1. The monoisotopic (exact) mass is 299 g/mol. The van der Waals surface area contributed by atoms with Gasteiger partial charge in [-0.1, -0.05) is 20.8 Å². The quantitative estimate of drug-likeness (QED) is 0.719. The third-order valence-electron chi connectivity index (χ3n) is 2.96. The molecule has 2 amide bonds. The Morgan fingerprint density at radius 3 is 2.65 bits per heavy atom. The molecular weight excluding hydrogens is 278 g/mol. The van der Waals surface area contributed by atoms with Gasteiger partial charge in [0.1, 0.15) is 0 Å². The molecule has 0 aliphatic carbocycles. The van der Waals surface area contributed by atoms with E-state index in [-0.39, 0.29) is 17.8 Å². The lowest BCUT2D eigenvalue weighted by Gasteiger charge is -2.20. The first-order valence-electron chi connectivity index (χ1n) is 6.66. The molecule has 0 saturated heterocycles. The number of amides is 2. The standard InChI is InChI=1S/C13H21N3O3S/c1-4-9(8(2)3)16-13(19)14-6-5-11-15-10(7-20-11)12(17)18/h7-9H,4-6H2,1-3H3,(H,17,18)(H2,14,16,19). The second-order valence-corrected chi connectivity index (χ2v) is 5.78. The van der Waals surface area contributed by atoms with E-state index in [9.17, 15) is 9.59 Å². The van der Waals surface area contributed by atoms with Crippen molar-refractivity contribution in [3.05, 3.63) is 16.1 Å². The number of carbonyl (C=O) groups excluding carboxylic acids is 1. The molecule has 0 radical (unpaired) electrons. The van der Waals surface area contributed by atoms with Crippen molar-refractivity contribution in [1.82, 2.24) is 15.6 Å². The van der Waals surface area contributed by atoms with Gasteiger partial charge < -0.3 is 15.7 Å². The lowest BCUT2D eigenvalue weighted by molar-refractivity contribution is 0.0691. The van der Waals surface area contributed by atoms with Crippen LogP contribution in [0.5, 0.6) is 0 Å². The van der Waals surface area contributed by atoms with Gasteiger partial charge >= 0.3 is 12.0 Å². The minimum atomic E-state index is -1.03. The van der Waals surface area contributed by atoms with E-state index in [4.69, 9.17) is 5.11 Å². The van der Waals surface area contributed by atoms with Crippen LogP contribution in [0.2, 0.25) is 0 Å². The van der Waals surface area contributed by atoms with Gasteiger partial charge in [-0.3, -0.25) is 0 Å². The van der Waals surface area contributed by atoms with E-state index in [1.807, 2.05) is 6.92 Å². The zero-order valence-electron chi connectivity index (χ0n) is 12.0. The van der Waals surface area contributed by atoms with Crippen LogP contribution in [0, 0.1) is 5.92 Å². The molecule has 1 atom stereocenters. The number of hydrogen-bond donors (Lipinski definition) is 3. The molecule has 0 spiro atoms. The maximum atomic E-state index is 11.7. The highest BCUT2D eigenvalue weighted by Crippen LogP contribution is 2.10. The molecule has 6 nitrogen and oxygen atoms in total. The summed E-state index contributed by atoms with van der Waals surface area (Å²) in [7, 11) is 0. The molecule has 0 aliphatic heterocycles. The maximum absolute atomic E-state index is 11.7. The van der Waals surface area contributed by atoms with Gasteiger partial charge in [-0.25, -0.2) is 14.6 Å². The first-order valence-corrected chi connectivity index (χ1v) is 7.54. The molecule has 1 aromatic rings. The van der Waals surface area contributed by atoms with Crippen LogP contribution in [0.25, 0.3) is 0 Å². The van der Waals surface area contributed by atoms with Crippen molar-refractivity contribution in [3.8, 4) is 0 Å². The van der Waals surface area contributed by atoms with Gasteiger partial charge in [0.2, 0.25) is 0 Å². The van der Waals surface area contributed by atoms with Gasteiger partial charge in [-0.15, -0.1) is 11.3 Å². The fourth-order valence-electron chi connectivity index (χ4n) is 1.77. The normalized spacial score (nSPS) is 12.2. The molecule has 1 aromatic heterocycles. The predicted molar refractivity (Wildman–Crippen MR) is 78.2 cm³/mol. The number of aromatic nitrogens is 1. The van der Waals surface area contributed by atoms with Gasteiger partial charge in [0.15, 0.2) is 5.69 Å². The smallest absolute Gasteiger partial charge is 0.355 e. The van der Waals surface area contributed by atoms with Crippen molar-refractivity contribution in [3.63, 3.8) is 0 Å². The third-order valence-corrected chi connectivity index (χ3v) is 3.86. The number of carboxylic acid groups (broad SMARTS) is 1. The van der Waals surface area contributed by atoms with Crippen LogP contribution in [-0.2, 0) is 6.42 Å². The third kappa shape index (κ3) is 5.16. The van der Waals surface area contributed by atoms with Crippen LogP contribution in [0.3, 0.4) is 0 Å². The number of carboxylic acids is 1. The SMILES string of the molecule is CCC(NC(=O)NCCc1nc(C(=O)O)cs1)C(C)C. The molecule has 0 aromatic carbocycles. The van der Waals surface area contributed by atoms with Gasteiger partial charge in [-0.2, -0.15) is 0 Å². The molecule has 1 rings (SSSR count). The van der Waals surface area contributed by atoms with Crippen LogP contribution in [0.1, 0.15) is 42.7 Å². The Bertz CT molecular complexity index is 459. The number of rotatable bonds is 7. The molecule has 1 unspecified atom stereocenters. The van der Waals surface area contributed by atoms with Crippen LogP contribution in [0.15, 0.2) is 5.38 Å². The summed E-state index contributed by atoms with van der Waals surface area (Å²) in [6, 6.07) is -0.0333. The Morgan fingerprint density at radius 1 is 1.45 bits per heavy atom. The minimum Gasteiger partial charge on any atom is -0.476 e. The van der Waals surface area contributed by atoms with Gasteiger partial charge in [0.05, 0.1) is 5.01 Å². The first-order chi connectivity index (χ1) is 9.43. The summed E-state index contributed by atoms with van der Waals surface area (Å²) in [4.78, 5) is 26.3. The highest BCUT2D eigenvalue weighted by molar-refractivity contribution is 7.09. The van der Waals surface area contributed by atoms with Crippen LogP contribution in [0.4, 0.5) is 4.79 Å². The summed E-state index contributed by atoms with van der Waals surface area (Å²) in [5.74, 6) is -0.635. The first kappa shape index (κ1) is 16.4. The summed E-state index contributed by atoms with van der Waals surface area (Å²) in [6.07, 6.45) is 1.42. The second-order valence-electron chi connectivity index (χ2n) is 4.84. The lowest BCUT2D eigenvalue weighted by atomic mass is 10.0. The van der Waals surface area contributed by atoms with Gasteiger partial charge in [-0.05, 0) is 12.3 Å². The van der Waals surface area contributed by atoms with Crippen molar-refractivity contribution in [1.29, 1.82) is 0 Å². The number of thiazole rings is 1. The predicted octanol–water partition coefficient (Wildman–Crippen LogP) is 2.12. The van der Waals surface area contributed by atoms with Gasteiger partial charge in [0.25, 0.3) is 0 Å². The lowest BCUT2D eigenvalue weighted by Crippen LogP contribution is -2.44. The molecular formula is C13H21N3O3S. The Hall–Kier alpha value is -1.63. The number of carbonyl (C=O) groups is 2. The Morgan fingerprint density at radius 2 is 2.15 bits per heavy atom. The minimum absolute atomic E-state index is 0.0558. The van der Waals surface area contributed by atoms with Crippen molar-refractivity contribution in [2.24, 2.45) is 5.92 Å². The van der Waals surface area contributed by atoms with E-state index >= 15 is 0 Å². The number of nitrogens with one attached hydrogen (secondary N) is 2. The summed E-state index contributed by atoms with van der Waals surface area (Å²) >= 11 is 1.29. The number of hydrogen-bond acceptors (Lipinski definition) is 4. The molecule has 0 saturated carbocycles. The van der Waals surface area contributed by atoms with E-state index in [0.29, 0.717) is 23.9 Å². The zero-order chi connectivity index (χ0) is 15.1. The summed E-state index contributed by atoms with van der Waals surface area (Å²) < 4.78 is 0. The molecule has 1 heterocycles. The molecule has 20 heavy (non-hydrogen) atoms. The fourth-order valence-corrected chi connectivity index (χ4v) is 2.54. The number of aromatic carboxylic acids is 1. The van der Waals surface area contributed by atoms with E-state index in [1.54, 1.807) is 0 Å². The highest BCUT2D eigenvalue weighted by atomic mass is 32.1. The average molecular weight is 299 g/mol. The Labute approximate surface area is 122 Å². The fraction of sp³-hybridized carbons (Fsp3) is 0.615. The molecule has 112 valence electrons. The summed E-state index contributed by atoms with van der Waals surface area (Å²) in [5.41, 5.74) is 0.0558. The Kier molecular flexibility index (Phi) is 6.44. The van der Waals surface area contributed by atoms with Crippen molar-refractivity contribution >= 4 is 23.3 Å². The highest BCUT2D eigenvalue weighted by Gasteiger charge is 2.13. The topological polar surface area (TPSA) is 91.3 Å². The van der Waals surface area contributed by atoms with Crippen LogP contribution >= 0.6 is 11.3 Å². The summed E-state index contributed by atoms with van der Waals surface area (Å²) in [5, 5.41) is 16.6. The van der Waals surface area contributed by atoms with Crippen molar-refractivity contribution in [2.75, 3.05) is 6.54 Å². The largest absolute Gasteiger partial charge is 0.476 e. The van der Waals surface area contributed by atoms with Crippen LogP contribution in [-0.4, -0.2) is 34.7 Å². The van der Waals surface area contributed by atoms with E-state index in [2.05, 4.69) is 29.5 Å². The van der Waals surface area contributed by atoms with E-state index < -0.39 is 5.97 Å². The summed E-state index contributed by atoms with van der Waals surface area (Å²) in [6.45, 7) is 6.61. The molecule has 3 N–H and O–H groups in total.